The molecule has 0 aromatic heterocycles. The smallest absolute Gasteiger partial charge is 0.246 e. The summed E-state index contributed by atoms with van der Waals surface area (Å²) in [6.45, 7) is 5.90. The Kier molecular flexibility index (Phi) is 7.54. The molecule has 1 rings (SSSR count). The second kappa shape index (κ2) is 9.19. The van der Waals surface area contributed by atoms with Gasteiger partial charge in [-0.3, -0.25) is 4.79 Å². The van der Waals surface area contributed by atoms with Gasteiger partial charge >= 0.3 is 0 Å². The summed E-state index contributed by atoms with van der Waals surface area (Å²) in [4.78, 5) is 13.9. The average Bonchev–Trinajstić information content (AvgIpc) is 2.45. The highest BCUT2D eigenvalue weighted by Crippen LogP contribution is 2.13. The molecule has 1 N–H and O–H groups in total. The summed E-state index contributed by atoms with van der Waals surface area (Å²) < 4.78 is 5.68. The molecule has 0 aliphatic heterocycles. The van der Waals surface area contributed by atoms with E-state index in [1.165, 1.54) is 0 Å². The monoisotopic (exact) mass is 290 g/mol. The highest BCUT2D eigenvalue weighted by molar-refractivity contribution is 5.92. The van der Waals surface area contributed by atoms with Crippen molar-refractivity contribution >= 4 is 5.91 Å². The Labute approximate surface area is 127 Å². The fourth-order valence-electron chi connectivity index (χ4n) is 1.81. The maximum Gasteiger partial charge on any atom is 0.246 e. The van der Waals surface area contributed by atoms with E-state index in [0.717, 1.165) is 29.9 Å². The molecule has 1 amide bonds. The lowest BCUT2D eigenvalue weighted by Crippen LogP contribution is -2.23. The van der Waals surface area contributed by atoms with E-state index in [2.05, 4.69) is 10.2 Å². The zero-order valence-corrected chi connectivity index (χ0v) is 13.5. The summed E-state index contributed by atoms with van der Waals surface area (Å²) in [5.41, 5.74) is 1.80. The van der Waals surface area contributed by atoms with Crippen LogP contribution in [0.1, 0.15) is 25.8 Å². The molecule has 0 heterocycles. The van der Waals surface area contributed by atoms with Crippen molar-refractivity contribution in [1.82, 2.24) is 10.2 Å². The Morgan fingerprint density at radius 2 is 2.14 bits per heavy atom. The normalized spacial score (nSPS) is 11.6. The van der Waals surface area contributed by atoms with Crippen molar-refractivity contribution in [2.75, 3.05) is 27.2 Å². The van der Waals surface area contributed by atoms with Crippen LogP contribution in [0.15, 0.2) is 35.9 Å². The minimum absolute atomic E-state index is 0.0178. The molecule has 0 fully saturated rings. The number of likely N-dealkylation sites (N-methyl/N-ethyl adjacent to an activating group) is 1. The lowest BCUT2D eigenvalue weighted by molar-refractivity contribution is -0.117. The number of benzene rings is 1. The number of allylic oxidation sites excluding steroid dienone is 1. The van der Waals surface area contributed by atoms with Gasteiger partial charge in [0, 0.05) is 18.7 Å². The van der Waals surface area contributed by atoms with Crippen molar-refractivity contribution < 1.29 is 9.53 Å². The van der Waals surface area contributed by atoms with E-state index in [1.54, 1.807) is 0 Å². The van der Waals surface area contributed by atoms with Crippen LogP contribution < -0.4 is 10.1 Å². The number of hydrogen-bond acceptors (Lipinski definition) is 3. The number of amides is 1. The van der Waals surface area contributed by atoms with Crippen molar-refractivity contribution in [3.8, 4) is 5.75 Å². The van der Waals surface area contributed by atoms with Gasteiger partial charge in [-0.15, -0.1) is 0 Å². The van der Waals surface area contributed by atoms with Crippen molar-refractivity contribution in [2.24, 2.45) is 0 Å². The van der Waals surface area contributed by atoms with Crippen LogP contribution in [0.3, 0.4) is 0 Å². The van der Waals surface area contributed by atoms with Gasteiger partial charge in [-0.05, 0) is 45.1 Å². The van der Waals surface area contributed by atoms with Crippen LogP contribution in [-0.4, -0.2) is 38.1 Å². The highest BCUT2D eigenvalue weighted by Gasteiger charge is 2.04. The van der Waals surface area contributed by atoms with Crippen LogP contribution in [0.2, 0.25) is 0 Å². The second-order valence-corrected chi connectivity index (χ2v) is 5.28. The first-order valence-corrected chi connectivity index (χ1v) is 7.34. The van der Waals surface area contributed by atoms with Gasteiger partial charge in [0.2, 0.25) is 5.91 Å². The summed E-state index contributed by atoms with van der Waals surface area (Å²) in [7, 11) is 4.03. The summed E-state index contributed by atoms with van der Waals surface area (Å²) in [6.07, 6.45) is 2.80. The third-order valence-electron chi connectivity index (χ3n) is 3.03. The maximum atomic E-state index is 11.8. The fraction of sp³-hybridized carbons (Fsp3) is 0.471. The predicted molar refractivity (Wildman–Crippen MR) is 86.4 cm³/mol. The Morgan fingerprint density at radius 1 is 1.38 bits per heavy atom. The Bertz CT molecular complexity index is 481. The first-order chi connectivity index (χ1) is 10.0. The first-order valence-electron chi connectivity index (χ1n) is 7.34. The predicted octanol–water partition coefficient (Wildman–Crippen LogP) is 2.60. The van der Waals surface area contributed by atoms with Gasteiger partial charge in [0.25, 0.3) is 0 Å². The van der Waals surface area contributed by atoms with E-state index in [0.29, 0.717) is 13.2 Å². The lowest BCUT2D eigenvalue weighted by atomic mass is 10.2. The van der Waals surface area contributed by atoms with Crippen LogP contribution >= 0.6 is 0 Å². The molecule has 0 aliphatic rings. The Morgan fingerprint density at radius 3 is 2.81 bits per heavy atom. The molecule has 0 spiro atoms. The molecule has 0 saturated carbocycles. The quantitative estimate of drug-likeness (QED) is 0.748. The summed E-state index contributed by atoms with van der Waals surface area (Å²) in [5, 5.41) is 2.91. The lowest BCUT2D eigenvalue weighted by Gasteiger charge is -2.12. The zero-order chi connectivity index (χ0) is 15.7. The molecule has 0 radical (unpaired) electrons. The molecule has 0 aliphatic carbocycles. The zero-order valence-electron chi connectivity index (χ0n) is 13.5. The van der Waals surface area contributed by atoms with Crippen LogP contribution in [0.25, 0.3) is 0 Å². The fourth-order valence-corrected chi connectivity index (χ4v) is 1.81. The Hall–Kier alpha value is -1.81. The van der Waals surface area contributed by atoms with Gasteiger partial charge in [0.05, 0.1) is 0 Å². The number of nitrogens with zero attached hydrogens (tertiary/aromatic N) is 1. The molecule has 116 valence electrons. The minimum Gasteiger partial charge on any atom is -0.492 e. The molecule has 1 aromatic carbocycles. The molecular formula is C17H26N2O2. The van der Waals surface area contributed by atoms with E-state index in [9.17, 15) is 4.79 Å². The molecule has 0 saturated heterocycles. The van der Waals surface area contributed by atoms with E-state index in [-0.39, 0.29) is 5.91 Å². The minimum atomic E-state index is -0.0178. The van der Waals surface area contributed by atoms with E-state index in [1.807, 2.05) is 58.3 Å². The van der Waals surface area contributed by atoms with E-state index in [4.69, 9.17) is 4.74 Å². The van der Waals surface area contributed by atoms with Gasteiger partial charge in [0.1, 0.15) is 12.4 Å². The largest absolute Gasteiger partial charge is 0.492 e. The van der Waals surface area contributed by atoms with Gasteiger partial charge in [-0.25, -0.2) is 0 Å². The van der Waals surface area contributed by atoms with Crippen LogP contribution in [0.5, 0.6) is 5.75 Å². The second-order valence-electron chi connectivity index (χ2n) is 5.28. The number of rotatable bonds is 8. The molecule has 0 atom stereocenters. The summed E-state index contributed by atoms with van der Waals surface area (Å²) >= 11 is 0. The van der Waals surface area contributed by atoms with Gasteiger partial charge in [0.15, 0.2) is 0 Å². The number of carbonyl (C=O) groups is 1. The molecule has 0 unspecified atom stereocenters. The maximum absolute atomic E-state index is 11.8. The van der Waals surface area contributed by atoms with Crippen molar-refractivity contribution in [3.63, 3.8) is 0 Å². The molecular weight excluding hydrogens is 264 g/mol. The van der Waals surface area contributed by atoms with Crippen molar-refractivity contribution in [1.29, 1.82) is 0 Å². The van der Waals surface area contributed by atoms with E-state index < -0.39 is 0 Å². The van der Waals surface area contributed by atoms with Crippen LogP contribution in [-0.2, 0) is 11.3 Å². The number of hydrogen-bond donors (Lipinski definition) is 1. The molecule has 4 heteroatoms. The molecule has 0 bridgehead atoms. The standard InChI is InChI=1S/C17H26N2O2/c1-5-7-14(2)17(20)18-13-15-8-6-9-16(12-15)21-11-10-19(3)4/h6-9,12H,5,10-11,13H2,1-4H3,(H,18,20). The van der Waals surface area contributed by atoms with Gasteiger partial charge in [-0.1, -0.05) is 25.1 Å². The van der Waals surface area contributed by atoms with E-state index >= 15 is 0 Å². The summed E-state index contributed by atoms with van der Waals surface area (Å²) in [5.74, 6) is 0.820. The topological polar surface area (TPSA) is 41.6 Å². The third kappa shape index (κ3) is 6.95. The SMILES string of the molecule is CCC=C(C)C(=O)NCc1cccc(OCCN(C)C)c1. The highest BCUT2D eigenvalue weighted by atomic mass is 16.5. The third-order valence-corrected chi connectivity index (χ3v) is 3.03. The summed E-state index contributed by atoms with van der Waals surface area (Å²) in [6, 6.07) is 7.83. The van der Waals surface area contributed by atoms with Crippen LogP contribution in [0.4, 0.5) is 0 Å². The van der Waals surface area contributed by atoms with Crippen molar-refractivity contribution in [3.05, 3.63) is 41.5 Å². The van der Waals surface area contributed by atoms with Gasteiger partial charge in [-0.2, -0.15) is 0 Å². The van der Waals surface area contributed by atoms with Gasteiger partial charge < -0.3 is 15.0 Å². The van der Waals surface area contributed by atoms with Crippen LogP contribution in [0, 0.1) is 0 Å². The first kappa shape index (κ1) is 17.2. The Balaban J connectivity index is 2.49. The molecule has 1 aromatic rings. The molecule has 21 heavy (non-hydrogen) atoms. The molecule has 4 nitrogen and oxygen atoms in total. The average molecular weight is 290 g/mol. The number of ether oxygens (including phenoxy) is 1. The van der Waals surface area contributed by atoms with Crippen molar-refractivity contribution in [2.45, 2.75) is 26.8 Å². The number of nitrogens with one attached hydrogen (secondary N) is 1. The number of carbonyl (C=O) groups excluding carboxylic acids is 1.